The third-order valence-electron chi connectivity index (χ3n) is 5.81. The number of amides is 3. The molecule has 30 heavy (non-hydrogen) atoms. The molecule has 1 aliphatic heterocycles. The van der Waals surface area contributed by atoms with Crippen LogP contribution in [0.15, 0.2) is 34.9 Å². The molecule has 3 amide bonds. The monoisotopic (exact) mass is 411 g/mol. The maximum Gasteiger partial charge on any atom is 0.321 e. The standard InChI is InChI=1S/C22H29N5O3/c1-14(2)18(21-25-19(26-30-21)15-8-9-15)24-20(28)16-10-12-27(13-11-16)22(29)23-17-6-4-3-5-7-17/h3-7,14-16,18H,8-13H2,1-2H3,(H,23,29)(H,24,28). The highest BCUT2D eigenvalue weighted by molar-refractivity contribution is 5.89. The second kappa shape index (κ2) is 8.85. The summed E-state index contributed by atoms with van der Waals surface area (Å²) in [6, 6.07) is 8.97. The molecule has 2 fully saturated rings. The molecule has 2 aliphatic rings. The molecule has 1 unspecified atom stereocenters. The summed E-state index contributed by atoms with van der Waals surface area (Å²) in [6.45, 7) is 5.16. The number of carbonyl (C=O) groups is 2. The molecular weight excluding hydrogens is 382 g/mol. The minimum atomic E-state index is -0.295. The van der Waals surface area contributed by atoms with Crippen LogP contribution in [0.3, 0.4) is 0 Å². The third-order valence-corrected chi connectivity index (χ3v) is 5.81. The Morgan fingerprint density at radius 1 is 1.10 bits per heavy atom. The van der Waals surface area contributed by atoms with Crippen molar-refractivity contribution in [1.82, 2.24) is 20.4 Å². The van der Waals surface area contributed by atoms with Gasteiger partial charge in [-0.2, -0.15) is 4.98 Å². The molecule has 1 saturated carbocycles. The third kappa shape index (κ3) is 4.80. The van der Waals surface area contributed by atoms with Crippen molar-refractivity contribution in [3.63, 3.8) is 0 Å². The number of urea groups is 1. The van der Waals surface area contributed by atoms with Gasteiger partial charge in [-0.1, -0.05) is 37.2 Å². The second-order valence-electron chi connectivity index (χ2n) is 8.55. The molecule has 8 heteroatoms. The van der Waals surface area contributed by atoms with E-state index in [1.165, 1.54) is 0 Å². The first-order chi connectivity index (χ1) is 14.5. The molecule has 1 atom stereocenters. The Morgan fingerprint density at radius 2 is 1.80 bits per heavy atom. The Hall–Kier alpha value is -2.90. The van der Waals surface area contributed by atoms with E-state index in [-0.39, 0.29) is 29.8 Å². The number of piperidine rings is 1. The Kier molecular flexibility index (Phi) is 6.01. The van der Waals surface area contributed by atoms with Gasteiger partial charge < -0.3 is 20.1 Å². The predicted octanol–water partition coefficient (Wildman–Crippen LogP) is 3.70. The number of nitrogens with zero attached hydrogens (tertiary/aromatic N) is 3. The lowest BCUT2D eigenvalue weighted by molar-refractivity contribution is -0.127. The number of likely N-dealkylation sites (tertiary alicyclic amines) is 1. The van der Waals surface area contributed by atoms with Crippen LogP contribution >= 0.6 is 0 Å². The van der Waals surface area contributed by atoms with Crippen LogP contribution in [0.4, 0.5) is 10.5 Å². The van der Waals surface area contributed by atoms with Crippen molar-refractivity contribution in [2.45, 2.75) is 51.5 Å². The summed E-state index contributed by atoms with van der Waals surface area (Å²) in [5.41, 5.74) is 0.771. The number of nitrogens with one attached hydrogen (secondary N) is 2. The van der Waals surface area contributed by atoms with E-state index in [4.69, 9.17) is 4.52 Å². The van der Waals surface area contributed by atoms with Crippen molar-refractivity contribution in [1.29, 1.82) is 0 Å². The molecule has 0 spiro atoms. The molecule has 1 saturated heterocycles. The van der Waals surface area contributed by atoms with Gasteiger partial charge >= 0.3 is 6.03 Å². The summed E-state index contributed by atoms with van der Waals surface area (Å²) in [7, 11) is 0. The lowest BCUT2D eigenvalue weighted by atomic mass is 9.94. The molecule has 2 N–H and O–H groups in total. The van der Waals surface area contributed by atoms with Gasteiger partial charge in [0.05, 0.1) is 0 Å². The maximum absolute atomic E-state index is 12.9. The van der Waals surface area contributed by atoms with Crippen molar-refractivity contribution in [2.24, 2.45) is 11.8 Å². The number of carbonyl (C=O) groups excluding carboxylic acids is 2. The van der Waals surface area contributed by atoms with Gasteiger partial charge in [-0.25, -0.2) is 4.79 Å². The van der Waals surface area contributed by atoms with Crippen molar-refractivity contribution in [3.8, 4) is 0 Å². The normalized spacial score (nSPS) is 18.3. The average molecular weight is 412 g/mol. The number of aromatic nitrogens is 2. The van der Waals surface area contributed by atoms with E-state index in [2.05, 4.69) is 20.8 Å². The summed E-state index contributed by atoms with van der Waals surface area (Å²) in [6.07, 6.45) is 3.48. The predicted molar refractivity (Wildman–Crippen MR) is 112 cm³/mol. The number of rotatable bonds is 6. The van der Waals surface area contributed by atoms with Crippen LogP contribution in [0.25, 0.3) is 0 Å². The first kappa shape index (κ1) is 20.4. The molecule has 0 radical (unpaired) electrons. The molecule has 160 valence electrons. The topological polar surface area (TPSA) is 100 Å². The summed E-state index contributed by atoms with van der Waals surface area (Å²) in [4.78, 5) is 31.6. The summed E-state index contributed by atoms with van der Waals surface area (Å²) in [5, 5.41) is 10.1. The number of benzene rings is 1. The largest absolute Gasteiger partial charge is 0.344 e. The molecule has 1 aliphatic carbocycles. The number of hydrogen-bond acceptors (Lipinski definition) is 5. The Bertz CT molecular complexity index is 870. The van der Waals surface area contributed by atoms with Crippen LogP contribution in [-0.2, 0) is 4.79 Å². The van der Waals surface area contributed by atoms with Crippen molar-refractivity contribution < 1.29 is 14.1 Å². The highest BCUT2D eigenvalue weighted by Gasteiger charge is 2.33. The van der Waals surface area contributed by atoms with E-state index in [0.29, 0.717) is 37.7 Å². The maximum atomic E-state index is 12.9. The minimum Gasteiger partial charge on any atom is -0.344 e. The summed E-state index contributed by atoms with van der Waals surface area (Å²) in [5.74, 6) is 1.65. The van der Waals surface area contributed by atoms with Gasteiger partial charge in [0, 0.05) is 30.6 Å². The zero-order chi connectivity index (χ0) is 21.1. The fourth-order valence-corrected chi connectivity index (χ4v) is 3.73. The highest BCUT2D eigenvalue weighted by atomic mass is 16.5. The molecule has 2 heterocycles. The van der Waals surface area contributed by atoms with Crippen LogP contribution < -0.4 is 10.6 Å². The summed E-state index contributed by atoms with van der Waals surface area (Å²) < 4.78 is 5.45. The van der Waals surface area contributed by atoms with E-state index in [9.17, 15) is 9.59 Å². The number of anilines is 1. The van der Waals surface area contributed by atoms with Gasteiger partial charge in [0.25, 0.3) is 0 Å². The first-order valence-corrected chi connectivity index (χ1v) is 10.8. The van der Waals surface area contributed by atoms with Gasteiger partial charge in [-0.15, -0.1) is 0 Å². The molecular formula is C22H29N5O3. The fourth-order valence-electron chi connectivity index (χ4n) is 3.73. The fraction of sp³-hybridized carbons (Fsp3) is 0.545. The van der Waals surface area contributed by atoms with Crippen molar-refractivity contribution in [2.75, 3.05) is 18.4 Å². The average Bonchev–Trinajstić information content (AvgIpc) is 3.49. The van der Waals surface area contributed by atoms with Gasteiger partial charge in [-0.05, 0) is 43.7 Å². The Labute approximate surface area is 176 Å². The zero-order valence-corrected chi connectivity index (χ0v) is 17.5. The van der Waals surface area contributed by atoms with E-state index in [1.54, 1.807) is 4.90 Å². The van der Waals surface area contributed by atoms with E-state index >= 15 is 0 Å². The van der Waals surface area contributed by atoms with Gasteiger partial charge in [-0.3, -0.25) is 4.79 Å². The number of para-hydroxylation sites is 1. The molecule has 1 aromatic heterocycles. The smallest absolute Gasteiger partial charge is 0.321 e. The van der Waals surface area contributed by atoms with Gasteiger partial charge in [0.1, 0.15) is 6.04 Å². The lowest BCUT2D eigenvalue weighted by Crippen LogP contribution is -2.45. The molecule has 0 bridgehead atoms. The molecule has 4 rings (SSSR count). The second-order valence-corrected chi connectivity index (χ2v) is 8.55. The zero-order valence-electron chi connectivity index (χ0n) is 17.5. The lowest BCUT2D eigenvalue weighted by Gasteiger charge is -2.32. The molecule has 8 nitrogen and oxygen atoms in total. The van der Waals surface area contributed by atoms with Gasteiger partial charge in [0.2, 0.25) is 11.8 Å². The van der Waals surface area contributed by atoms with Crippen LogP contribution in [0.1, 0.15) is 63.2 Å². The van der Waals surface area contributed by atoms with Crippen LogP contribution in [0.5, 0.6) is 0 Å². The SMILES string of the molecule is CC(C)C(NC(=O)C1CCN(C(=O)Nc2ccccc2)CC1)c1nc(C2CC2)no1. The first-order valence-electron chi connectivity index (χ1n) is 10.8. The van der Waals surface area contributed by atoms with E-state index in [1.807, 2.05) is 44.2 Å². The minimum absolute atomic E-state index is 0.0111. The van der Waals surface area contributed by atoms with E-state index in [0.717, 1.165) is 24.4 Å². The van der Waals surface area contributed by atoms with Crippen LogP contribution in [-0.4, -0.2) is 40.1 Å². The van der Waals surface area contributed by atoms with E-state index < -0.39 is 0 Å². The van der Waals surface area contributed by atoms with Crippen LogP contribution in [0, 0.1) is 11.8 Å². The van der Waals surface area contributed by atoms with Crippen LogP contribution in [0.2, 0.25) is 0 Å². The number of hydrogen-bond donors (Lipinski definition) is 2. The Balaban J connectivity index is 1.30. The highest BCUT2D eigenvalue weighted by Crippen LogP contribution is 2.38. The van der Waals surface area contributed by atoms with Crippen molar-refractivity contribution in [3.05, 3.63) is 42.0 Å². The van der Waals surface area contributed by atoms with Crippen molar-refractivity contribution >= 4 is 17.6 Å². The molecule has 1 aromatic carbocycles. The summed E-state index contributed by atoms with van der Waals surface area (Å²) >= 11 is 0. The molecule has 2 aromatic rings. The van der Waals surface area contributed by atoms with Gasteiger partial charge in [0.15, 0.2) is 5.82 Å². The quantitative estimate of drug-likeness (QED) is 0.755. The Morgan fingerprint density at radius 3 is 2.43 bits per heavy atom.